The first-order chi connectivity index (χ1) is 12.2. The van der Waals surface area contributed by atoms with Crippen molar-refractivity contribution >= 4 is 6.03 Å². The lowest BCUT2D eigenvalue weighted by molar-refractivity contribution is -0.0461. The summed E-state index contributed by atoms with van der Waals surface area (Å²) in [5, 5.41) is 6.91. The number of piperidine rings is 1. The Bertz CT molecular complexity index is 607. The molecule has 3 atom stereocenters. The molecule has 0 unspecified atom stereocenters. The Hall–Kier alpha value is -1.67. The van der Waals surface area contributed by atoms with Crippen LogP contribution in [0.3, 0.4) is 0 Å². The molecular formula is C17H27N5O3. The second-order valence-electron chi connectivity index (χ2n) is 7.40. The Morgan fingerprint density at radius 1 is 1.28 bits per heavy atom. The number of hydrogen-bond acceptors (Lipinski definition) is 6. The van der Waals surface area contributed by atoms with Crippen molar-refractivity contribution in [1.29, 1.82) is 0 Å². The van der Waals surface area contributed by atoms with Crippen LogP contribution in [0.2, 0.25) is 0 Å². The number of likely N-dealkylation sites (tertiary alicyclic amines) is 1. The number of amides is 2. The minimum absolute atomic E-state index is 0.0203. The summed E-state index contributed by atoms with van der Waals surface area (Å²) < 4.78 is 11.2. The van der Waals surface area contributed by atoms with E-state index in [9.17, 15) is 4.79 Å². The van der Waals surface area contributed by atoms with Gasteiger partial charge in [-0.3, -0.25) is 4.90 Å². The molecule has 2 amide bonds. The third-order valence-corrected chi connectivity index (χ3v) is 5.54. The van der Waals surface area contributed by atoms with E-state index in [2.05, 4.69) is 20.4 Å². The predicted octanol–water partition coefficient (Wildman–Crippen LogP) is 1.13. The zero-order valence-corrected chi connectivity index (χ0v) is 14.8. The zero-order chi connectivity index (χ0) is 17.2. The molecule has 3 aliphatic heterocycles. The number of ether oxygens (including phenoxy) is 1. The van der Waals surface area contributed by atoms with Crippen molar-refractivity contribution in [2.24, 2.45) is 0 Å². The zero-order valence-electron chi connectivity index (χ0n) is 14.8. The van der Waals surface area contributed by atoms with Gasteiger partial charge in [-0.15, -0.1) is 0 Å². The molecule has 3 aliphatic rings. The monoisotopic (exact) mass is 349 g/mol. The van der Waals surface area contributed by atoms with E-state index in [0.717, 1.165) is 39.1 Å². The summed E-state index contributed by atoms with van der Waals surface area (Å²) in [4.78, 5) is 21.2. The molecule has 0 radical (unpaired) electrons. The summed E-state index contributed by atoms with van der Waals surface area (Å²) >= 11 is 0. The molecule has 0 aromatic carbocycles. The number of nitrogens with zero attached hydrogens (tertiary/aromatic N) is 4. The molecule has 4 heterocycles. The number of nitrogens with one attached hydrogen (secondary N) is 1. The maximum Gasteiger partial charge on any atom is 0.317 e. The third kappa shape index (κ3) is 3.79. The second-order valence-corrected chi connectivity index (χ2v) is 7.40. The molecule has 4 rings (SSSR count). The summed E-state index contributed by atoms with van der Waals surface area (Å²) in [6, 6.07) is 0.570. The normalized spacial score (nSPS) is 30.3. The van der Waals surface area contributed by atoms with E-state index < -0.39 is 0 Å². The smallest absolute Gasteiger partial charge is 0.317 e. The van der Waals surface area contributed by atoms with Gasteiger partial charge in [-0.2, -0.15) is 4.98 Å². The van der Waals surface area contributed by atoms with Gasteiger partial charge in [-0.1, -0.05) is 5.16 Å². The van der Waals surface area contributed by atoms with Crippen LogP contribution >= 0.6 is 0 Å². The molecular weight excluding hydrogens is 322 g/mol. The first-order valence-electron chi connectivity index (χ1n) is 9.37. The van der Waals surface area contributed by atoms with Crippen molar-refractivity contribution in [1.82, 2.24) is 25.3 Å². The van der Waals surface area contributed by atoms with Crippen LogP contribution in [0.4, 0.5) is 4.79 Å². The van der Waals surface area contributed by atoms with Crippen LogP contribution in [-0.2, 0) is 4.74 Å². The topological polar surface area (TPSA) is 83.7 Å². The van der Waals surface area contributed by atoms with E-state index in [0.29, 0.717) is 30.8 Å². The first-order valence-corrected chi connectivity index (χ1v) is 9.37. The molecule has 1 N–H and O–H groups in total. The van der Waals surface area contributed by atoms with Crippen LogP contribution in [0.5, 0.6) is 0 Å². The van der Waals surface area contributed by atoms with Crippen molar-refractivity contribution in [3.8, 4) is 0 Å². The molecule has 3 saturated heterocycles. The van der Waals surface area contributed by atoms with E-state index in [4.69, 9.17) is 9.26 Å². The number of fused-ring (bicyclic) bond motifs is 1. The molecule has 1 aromatic rings. The third-order valence-electron chi connectivity index (χ3n) is 5.54. The molecule has 8 nitrogen and oxygen atoms in total. The van der Waals surface area contributed by atoms with Crippen molar-refractivity contribution in [3.63, 3.8) is 0 Å². The van der Waals surface area contributed by atoms with Crippen molar-refractivity contribution in [3.05, 3.63) is 11.7 Å². The standard InChI is InChI=1S/C17H27N5O3/c1-12-19-16(25-20-12)13-4-2-7-22(9-13)17(23)18-8-15-10-21-6-3-5-14(21)11-24-15/h13-15H,2-11H2,1H3,(H,18,23)/t13-,14-,15-/m1/s1. The van der Waals surface area contributed by atoms with Crippen molar-refractivity contribution < 1.29 is 14.1 Å². The summed E-state index contributed by atoms with van der Waals surface area (Å²) in [5.41, 5.74) is 0. The van der Waals surface area contributed by atoms with Gasteiger partial charge in [0.2, 0.25) is 5.89 Å². The molecule has 8 heteroatoms. The van der Waals surface area contributed by atoms with E-state index in [-0.39, 0.29) is 18.1 Å². The van der Waals surface area contributed by atoms with Gasteiger partial charge in [0.15, 0.2) is 5.82 Å². The number of rotatable bonds is 3. The minimum Gasteiger partial charge on any atom is -0.373 e. The van der Waals surface area contributed by atoms with Gasteiger partial charge < -0.3 is 19.5 Å². The largest absolute Gasteiger partial charge is 0.373 e. The van der Waals surface area contributed by atoms with Crippen molar-refractivity contribution in [2.75, 3.05) is 39.3 Å². The number of aryl methyl sites for hydroxylation is 1. The molecule has 0 saturated carbocycles. The maximum atomic E-state index is 12.5. The molecule has 0 aliphatic carbocycles. The van der Waals surface area contributed by atoms with E-state index in [1.165, 1.54) is 12.8 Å². The number of carbonyl (C=O) groups is 1. The van der Waals surface area contributed by atoms with Gasteiger partial charge in [0.05, 0.1) is 18.6 Å². The van der Waals surface area contributed by atoms with E-state index in [1.54, 1.807) is 0 Å². The molecule has 3 fully saturated rings. The SMILES string of the molecule is Cc1noc([C@@H]2CCCN(C(=O)NC[C@@H]3CN4CCC[C@@H]4CO3)C2)n1. The summed E-state index contributed by atoms with van der Waals surface area (Å²) in [5.74, 6) is 1.42. The molecule has 1 aromatic heterocycles. The Morgan fingerprint density at radius 2 is 2.16 bits per heavy atom. The Kier molecular flexibility index (Phi) is 4.89. The summed E-state index contributed by atoms with van der Waals surface area (Å²) in [6.07, 6.45) is 4.53. The lowest BCUT2D eigenvalue weighted by atomic mass is 9.98. The van der Waals surface area contributed by atoms with Crippen LogP contribution in [0.1, 0.15) is 43.3 Å². The maximum absolute atomic E-state index is 12.5. The van der Waals surface area contributed by atoms with Crippen LogP contribution < -0.4 is 5.32 Å². The van der Waals surface area contributed by atoms with Crippen LogP contribution in [0, 0.1) is 6.92 Å². The second kappa shape index (κ2) is 7.29. The number of hydrogen-bond donors (Lipinski definition) is 1. The van der Waals surface area contributed by atoms with E-state index >= 15 is 0 Å². The average molecular weight is 349 g/mol. The van der Waals surface area contributed by atoms with Crippen LogP contribution in [0.15, 0.2) is 4.52 Å². The quantitative estimate of drug-likeness (QED) is 0.881. The molecule has 0 bridgehead atoms. The van der Waals surface area contributed by atoms with Crippen molar-refractivity contribution in [2.45, 2.75) is 50.7 Å². The first kappa shape index (κ1) is 16.8. The van der Waals surface area contributed by atoms with E-state index in [1.807, 2.05) is 11.8 Å². The van der Waals surface area contributed by atoms with Gasteiger partial charge in [0, 0.05) is 32.2 Å². The fraction of sp³-hybridized carbons (Fsp3) is 0.824. The fourth-order valence-corrected chi connectivity index (χ4v) is 4.16. The van der Waals surface area contributed by atoms with Gasteiger partial charge in [-0.05, 0) is 39.2 Å². The lowest BCUT2D eigenvalue weighted by Crippen LogP contribution is -2.52. The number of aromatic nitrogens is 2. The molecule has 138 valence electrons. The number of carbonyl (C=O) groups excluding carboxylic acids is 1. The van der Waals surface area contributed by atoms with Gasteiger partial charge in [0.25, 0.3) is 0 Å². The van der Waals surface area contributed by atoms with Gasteiger partial charge >= 0.3 is 6.03 Å². The number of morpholine rings is 1. The molecule has 0 spiro atoms. The van der Waals surface area contributed by atoms with Crippen LogP contribution in [-0.4, -0.2) is 77.4 Å². The summed E-state index contributed by atoms with van der Waals surface area (Å²) in [6.45, 7) is 6.67. The predicted molar refractivity (Wildman–Crippen MR) is 90.3 cm³/mol. The van der Waals surface area contributed by atoms with Gasteiger partial charge in [0.1, 0.15) is 0 Å². The number of urea groups is 1. The Labute approximate surface area is 147 Å². The minimum atomic E-state index is -0.0203. The van der Waals surface area contributed by atoms with Crippen LogP contribution in [0.25, 0.3) is 0 Å². The Morgan fingerprint density at radius 3 is 3.00 bits per heavy atom. The highest BCUT2D eigenvalue weighted by molar-refractivity contribution is 5.74. The highest BCUT2D eigenvalue weighted by Gasteiger charge is 2.33. The highest BCUT2D eigenvalue weighted by atomic mass is 16.5. The fourth-order valence-electron chi connectivity index (χ4n) is 4.16. The van der Waals surface area contributed by atoms with Gasteiger partial charge in [-0.25, -0.2) is 4.79 Å². The average Bonchev–Trinajstić information content (AvgIpc) is 3.28. The lowest BCUT2D eigenvalue weighted by Gasteiger charge is -2.36. The highest BCUT2D eigenvalue weighted by Crippen LogP contribution is 2.26. The summed E-state index contributed by atoms with van der Waals surface area (Å²) in [7, 11) is 0. The molecule has 25 heavy (non-hydrogen) atoms. The Balaban J connectivity index is 1.26.